The zero-order valence-electron chi connectivity index (χ0n) is 26.0. The van der Waals surface area contributed by atoms with Gasteiger partial charge >= 0.3 is 6.18 Å². The monoisotopic (exact) mass is 634 g/mol. The van der Waals surface area contributed by atoms with Crippen molar-refractivity contribution < 1.29 is 23.1 Å². The van der Waals surface area contributed by atoms with Gasteiger partial charge in [-0.25, -0.2) is 9.97 Å². The smallest absolute Gasteiger partial charge is 0.384 e. The molecule has 1 N–H and O–H groups in total. The Labute approximate surface area is 267 Å². The highest BCUT2D eigenvalue weighted by molar-refractivity contribution is 5.79. The van der Waals surface area contributed by atoms with E-state index in [0.717, 1.165) is 63.5 Å². The van der Waals surface area contributed by atoms with Crippen LogP contribution in [-0.4, -0.2) is 81.1 Å². The molecule has 0 bridgehead atoms. The van der Waals surface area contributed by atoms with E-state index in [1.54, 1.807) is 30.7 Å². The van der Waals surface area contributed by atoms with Gasteiger partial charge in [0.1, 0.15) is 5.60 Å². The van der Waals surface area contributed by atoms with Gasteiger partial charge in [-0.3, -0.25) is 14.7 Å². The maximum Gasteiger partial charge on any atom is 0.416 e. The summed E-state index contributed by atoms with van der Waals surface area (Å²) >= 11 is 0. The molecule has 3 saturated heterocycles. The summed E-state index contributed by atoms with van der Waals surface area (Å²) < 4.78 is 39.6. The number of aliphatic hydroxyl groups is 1. The molecule has 8 nitrogen and oxygen atoms in total. The molecule has 0 unspecified atom stereocenters. The Morgan fingerprint density at radius 2 is 1.59 bits per heavy atom. The lowest BCUT2D eigenvalue weighted by atomic mass is 9.79. The molecule has 11 heteroatoms. The zero-order chi connectivity index (χ0) is 31.9. The van der Waals surface area contributed by atoms with E-state index < -0.39 is 17.3 Å². The van der Waals surface area contributed by atoms with Crippen LogP contribution in [0.2, 0.25) is 0 Å². The van der Waals surface area contributed by atoms with Crippen LogP contribution in [0, 0.1) is 11.3 Å². The number of aromatic nitrogens is 3. The normalized spacial score (nSPS) is 27.9. The minimum atomic E-state index is -4.36. The third kappa shape index (κ3) is 6.23. The highest BCUT2D eigenvalue weighted by atomic mass is 19.4. The van der Waals surface area contributed by atoms with Gasteiger partial charge in [0.05, 0.1) is 11.3 Å². The summed E-state index contributed by atoms with van der Waals surface area (Å²) in [6, 6.07) is 11.5. The number of anilines is 1. The standard InChI is InChI=1S/C35H41F3N6O2/c36-35(37,38)27-3-1-4-29(21-27)42-17-9-25(10-18-42)32(45)44-20-14-33(24-44)13-19-43(23-33)28-7-11-34(46,12-8-28)30-6-5-26(22-41-30)31-39-15-2-16-40-31/h1-6,15-16,21-22,25,28,46H,7-14,17-20,23-24H2/t28?,33-,34?/m1/s1. The van der Waals surface area contributed by atoms with Gasteiger partial charge in [-0.05, 0) is 94.3 Å². The Morgan fingerprint density at radius 3 is 2.28 bits per heavy atom. The molecule has 1 spiro atoms. The first-order chi connectivity index (χ1) is 22.1. The number of piperidine rings is 1. The average molecular weight is 635 g/mol. The van der Waals surface area contributed by atoms with E-state index in [1.807, 2.05) is 17.0 Å². The van der Waals surface area contributed by atoms with Crippen molar-refractivity contribution >= 4 is 11.6 Å². The number of halogens is 3. The third-order valence-corrected chi connectivity index (χ3v) is 11.0. The third-order valence-electron chi connectivity index (χ3n) is 11.0. The lowest BCUT2D eigenvalue weighted by Gasteiger charge is -2.40. The van der Waals surface area contributed by atoms with Crippen LogP contribution in [0.1, 0.15) is 62.6 Å². The summed E-state index contributed by atoms with van der Waals surface area (Å²) in [6.45, 7) is 4.73. The van der Waals surface area contributed by atoms with Crippen LogP contribution in [0.25, 0.3) is 11.4 Å². The number of nitrogens with zero attached hydrogens (tertiary/aromatic N) is 6. The van der Waals surface area contributed by atoms with Crippen LogP contribution in [0.15, 0.2) is 61.1 Å². The second-order valence-electron chi connectivity index (χ2n) is 13.8. The zero-order valence-corrected chi connectivity index (χ0v) is 26.0. The molecule has 3 aromatic rings. The maximum absolute atomic E-state index is 13.6. The summed E-state index contributed by atoms with van der Waals surface area (Å²) in [5, 5.41) is 11.5. The van der Waals surface area contributed by atoms with E-state index in [4.69, 9.17) is 0 Å². The highest BCUT2D eigenvalue weighted by Gasteiger charge is 2.48. The molecule has 4 fully saturated rings. The molecule has 1 amide bonds. The first-order valence-corrected chi connectivity index (χ1v) is 16.5. The fourth-order valence-corrected chi connectivity index (χ4v) is 8.21. The molecular weight excluding hydrogens is 593 g/mol. The lowest BCUT2D eigenvalue weighted by molar-refractivity contribution is -0.137. The van der Waals surface area contributed by atoms with Crippen LogP contribution in [0.4, 0.5) is 18.9 Å². The van der Waals surface area contributed by atoms with Gasteiger partial charge in [-0.1, -0.05) is 6.07 Å². The van der Waals surface area contributed by atoms with Crippen LogP contribution in [-0.2, 0) is 16.6 Å². The minimum Gasteiger partial charge on any atom is -0.384 e. The maximum atomic E-state index is 13.6. The molecule has 0 radical (unpaired) electrons. The van der Waals surface area contributed by atoms with Crippen molar-refractivity contribution in [3.63, 3.8) is 0 Å². The predicted octanol–water partition coefficient (Wildman–Crippen LogP) is 5.53. The Bertz CT molecular complexity index is 1520. The molecule has 1 atom stereocenters. The minimum absolute atomic E-state index is 0.0754. The van der Waals surface area contributed by atoms with Gasteiger partial charge in [0.15, 0.2) is 5.82 Å². The van der Waals surface area contributed by atoms with E-state index >= 15 is 0 Å². The summed E-state index contributed by atoms with van der Waals surface area (Å²) in [5.74, 6) is 0.750. The van der Waals surface area contributed by atoms with Crippen molar-refractivity contribution in [1.82, 2.24) is 24.8 Å². The first-order valence-electron chi connectivity index (χ1n) is 16.5. The topological polar surface area (TPSA) is 85.7 Å². The molecule has 1 saturated carbocycles. The van der Waals surface area contributed by atoms with Gasteiger partial charge in [-0.15, -0.1) is 0 Å². The number of likely N-dealkylation sites (tertiary alicyclic amines) is 2. The number of amides is 1. The van der Waals surface area contributed by atoms with E-state index in [-0.39, 0.29) is 17.2 Å². The number of hydrogen-bond acceptors (Lipinski definition) is 7. The van der Waals surface area contributed by atoms with Gasteiger partial charge in [0.25, 0.3) is 0 Å². The molecular formula is C35H41F3N6O2. The largest absolute Gasteiger partial charge is 0.416 e. The van der Waals surface area contributed by atoms with E-state index in [0.29, 0.717) is 62.0 Å². The van der Waals surface area contributed by atoms with Gasteiger partial charge in [0.2, 0.25) is 5.91 Å². The lowest BCUT2D eigenvalue weighted by Crippen LogP contribution is -2.44. The molecule has 7 rings (SSSR count). The van der Waals surface area contributed by atoms with Crippen molar-refractivity contribution in [3.8, 4) is 11.4 Å². The predicted molar refractivity (Wildman–Crippen MR) is 168 cm³/mol. The van der Waals surface area contributed by atoms with Crippen molar-refractivity contribution in [2.24, 2.45) is 11.3 Å². The second kappa shape index (κ2) is 12.2. The Balaban J connectivity index is 0.894. The summed E-state index contributed by atoms with van der Waals surface area (Å²) in [6.07, 6.45) is 7.34. The Hall–Kier alpha value is -3.57. The van der Waals surface area contributed by atoms with Crippen LogP contribution in [0.5, 0.6) is 0 Å². The summed E-state index contributed by atoms with van der Waals surface area (Å²) in [5.41, 5.74) is 0.654. The molecule has 3 aliphatic heterocycles. The Kier molecular flexibility index (Phi) is 8.25. The number of carbonyl (C=O) groups is 1. The van der Waals surface area contributed by atoms with Crippen molar-refractivity contribution in [2.45, 2.75) is 69.2 Å². The fraction of sp³-hybridized carbons (Fsp3) is 0.543. The van der Waals surface area contributed by atoms with Crippen molar-refractivity contribution in [3.05, 3.63) is 72.3 Å². The summed E-state index contributed by atoms with van der Waals surface area (Å²) in [4.78, 5) is 33.3. The van der Waals surface area contributed by atoms with Crippen molar-refractivity contribution in [1.29, 1.82) is 0 Å². The average Bonchev–Trinajstić information content (AvgIpc) is 3.71. The molecule has 5 heterocycles. The quantitative estimate of drug-likeness (QED) is 0.395. The number of carbonyl (C=O) groups excluding carboxylic acids is 1. The number of rotatable bonds is 5. The highest BCUT2D eigenvalue weighted by Crippen LogP contribution is 2.45. The summed E-state index contributed by atoms with van der Waals surface area (Å²) in [7, 11) is 0. The number of pyridine rings is 1. The number of benzene rings is 1. The fourth-order valence-electron chi connectivity index (χ4n) is 8.21. The molecule has 1 aliphatic carbocycles. The van der Waals surface area contributed by atoms with Gasteiger partial charge < -0.3 is 14.9 Å². The van der Waals surface area contributed by atoms with Crippen LogP contribution >= 0.6 is 0 Å². The van der Waals surface area contributed by atoms with Crippen LogP contribution < -0.4 is 4.90 Å². The number of alkyl halides is 3. The molecule has 2 aromatic heterocycles. The number of hydrogen-bond donors (Lipinski definition) is 1. The Morgan fingerprint density at radius 1 is 0.848 bits per heavy atom. The van der Waals surface area contributed by atoms with Crippen molar-refractivity contribution in [2.75, 3.05) is 44.2 Å². The van der Waals surface area contributed by atoms with Gasteiger partial charge in [-0.2, -0.15) is 13.2 Å². The first kappa shape index (κ1) is 31.1. The molecule has 4 aliphatic rings. The van der Waals surface area contributed by atoms with E-state index in [9.17, 15) is 23.1 Å². The molecule has 46 heavy (non-hydrogen) atoms. The SMILES string of the molecule is O=C(C1CCN(c2cccc(C(F)(F)F)c2)CC1)N1CC[C@@]2(CCN(C3CCC(O)(c4ccc(-c5ncccn5)cn4)CC3)C2)C1. The van der Waals surface area contributed by atoms with Crippen LogP contribution in [0.3, 0.4) is 0 Å². The molecule has 244 valence electrons. The molecule has 1 aromatic carbocycles. The van der Waals surface area contributed by atoms with E-state index in [2.05, 4.69) is 24.8 Å². The second-order valence-corrected chi connectivity index (χ2v) is 13.8. The van der Waals surface area contributed by atoms with Gasteiger partial charge in [0, 0.05) is 79.9 Å². The van der Waals surface area contributed by atoms with E-state index in [1.165, 1.54) is 12.1 Å².